The third-order valence-corrected chi connectivity index (χ3v) is 4.59. The number of nitrogens with zero attached hydrogens (tertiary/aromatic N) is 1. The third-order valence-electron chi connectivity index (χ3n) is 4.59. The number of ether oxygens (including phenoxy) is 2. The van der Waals surface area contributed by atoms with E-state index >= 15 is 0 Å². The van der Waals surface area contributed by atoms with Crippen LogP contribution in [0.5, 0.6) is 0 Å². The van der Waals surface area contributed by atoms with Crippen molar-refractivity contribution in [2.75, 3.05) is 19.7 Å². The van der Waals surface area contributed by atoms with E-state index in [4.69, 9.17) is 14.6 Å². The van der Waals surface area contributed by atoms with Crippen LogP contribution in [0.2, 0.25) is 0 Å². The summed E-state index contributed by atoms with van der Waals surface area (Å²) in [6, 6.07) is 9.57. The predicted molar refractivity (Wildman–Crippen MR) is 81.9 cm³/mol. The van der Waals surface area contributed by atoms with Crippen molar-refractivity contribution in [3.8, 4) is 0 Å². The molecule has 2 atom stereocenters. The molecule has 0 bridgehead atoms. The van der Waals surface area contributed by atoms with Crippen LogP contribution in [0, 0.1) is 5.41 Å². The van der Waals surface area contributed by atoms with Gasteiger partial charge in [-0.1, -0.05) is 30.3 Å². The summed E-state index contributed by atoms with van der Waals surface area (Å²) in [6.45, 7) is 2.00. The Morgan fingerprint density at radius 3 is 2.87 bits per heavy atom. The van der Waals surface area contributed by atoms with Crippen LogP contribution in [0.4, 0.5) is 4.79 Å². The van der Waals surface area contributed by atoms with Gasteiger partial charge in [-0.05, 0) is 18.4 Å². The third kappa shape index (κ3) is 3.82. The summed E-state index contributed by atoms with van der Waals surface area (Å²) in [4.78, 5) is 24.7. The van der Waals surface area contributed by atoms with Gasteiger partial charge in [-0.15, -0.1) is 0 Å². The molecule has 6 heteroatoms. The van der Waals surface area contributed by atoms with E-state index in [-0.39, 0.29) is 30.6 Å². The second kappa shape index (κ2) is 6.58. The van der Waals surface area contributed by atoms with Crippen LogP contribution in [0.1, 0.15) is 24.8 Å². The van der Waals surface area contributed by atoms with E-state index in [2.05, 4.69) is 0 Å². The van der Waals surface area contributed by atoms with Crippen molar-refractivity contribution in [1.82, 2.24) is 4.90 Å². The van der Waals surface area contributed by atoms with Crippen molar-refractivity contribution in [3.05, 3.63) is 35.9 Å². The maximum atomic E-state index is 12.2. The first-order valence-electron chi connectivity index (χ1n) is 7.85. The Morgan fingerprint density at radius 2 is 2.13 bits per heavy atom. The van der Waals surface area contributed by atoms with Crippen LogP contribution in [0.3, 0.4) is 0 Å². The maximum absolute atomic E-state index is 12.2. The molecule has 0 aliphatic carbocycles. The fraction of sp³-hybridized carbons (Fsp3) is 0.529. The van der Waals surface area contributed by atoms with Crippen LogP contribution in [0.25, 0.3) is 0 Å². The van der Waals surface area contributed by atoms with E-state index in [1.165, 1.54) is 0 Å². The molecule has 6 nitrogen and oxygen atoms in total. The van der Waals surface area contributed by atoms with Gasteiger partial charge in [-0.3, -0.25) is 4.79 Å². The first-order valence-corrected chi connectivity index (χ1v) is 7.85. The Hall–Kier alpha value is -2.08. The van der Waals surface area contributed by atoms with Crippen molar-refractivity contribution < 1.29 is 24.2 Å². The quantitative estimate of drug-likeness (QED) is 0.921. The Morgan fingerprint density at radius 1 is 1.35 bits per heavy atom. The lowest BCUT2D eigenvalue weighted by atomic mass is 9.84. The number of carbonyl (C=O) groups is 2. The minimum absolute atomic E-state index is 0.0280. The molecule has 124 valence electrons. The van der Waals surface area contributed by atoms with Crippen molar-refractivity contribution in [1.29, 1.82) is 0 Å². The summed E-state index contributed by atoms with van der Waals surface area (Å²) >= 11 is 0. The molecule has 1 N–H and O–H groups in total. The molecule has 2 saturated heterocycles. The summed E-state index contributed by atoms with van der Waals surface area (Å²) in [5.74, 6) is -0.843. The number of carboxylic acid groups (broad SMARTS) is 1. The lowest BCUT2D eigenvalue weighted by Gasteiger charge is -2.22. The number of likely N-dealkylation sites (tertiary alicyclic amines) is 1. The van der Waals surface area contributed by atoms with Gasteiger partial charge < -0.3 is 19.5 Å². The van der Waals surface area contributed by atoms with Crippen LogP contribution in [-0.4, -0.2) is 47.9 Å². The number of carboxylic acids is 1. The number of hydrogen-bond acceptors (Lipinski definition) is 4. The van der Waals surface area contributed by atoms with Crippen molar-refractivity contribution in [2.45, 2.75) is 32.0 Å². The molecule has 2 fully saturated rings. The van der Waals surface area contributed by atoms with Crippen molar-refractivity contribution >= 4 is 12.1 Å². The fourth-order valence-corrected chi connectivity index (χ4v) is 3.41. The number of benzene rings is 1. The molecule has 0 radical (unpaired) electrons. The first kappa shape index (κ1) is 15.8. The Balaban J connectivity index is 1.49. The highest BCUT2D eigenvalue weighted by molar-refractivity contribution is 5.68. The molecule has 2 aliphatic rings. The van der Waals surface area contributed by atoms with Gasteiger partial charge in [0.15, 0.2) is 0 Å². The molecule has 2 aliphatic heterocycles. The summed E-state index contributed by atoms with van der Waals surface area (Å²) in [5, 5.41) is 8.86. The van der Waals surface area contributed by atoms with E-state index in [0.717, 1.165) is 12.0 Å². The van der Waals surface area contributed by atoms with Gasteiger partial charge in [-0.25, -0.2) is 4.79 Å². The van der Waals surface area contributed by atoms with Gasteiger partial charge in [0, 0.05) is 18.5 Å². The van der Waals surface area contributed by atoms with Crippen molar-refractivity contribution in [2.24, 2.45) is 5.41 Å². The number of rotatable bonds is 4. The lowest BCUT2D eigenvalue weighted by molar-refractivity contribution is -0.139. The number of carbonyl (C=O) groups excluding carboxylic acids is 1. The molecule has 0 aromatic heterocycles. The molecule has 0 saturated carbocycles. The Labute approximate surface area is 135 Å². The minimum Gasteiger partial charge on any atom is -0.481 e. The largest absolute Gasteiger partial charge is 0.481 e. The minimum atomic E-state index is -0.843. The summed E-state index contributed by atoms with van der Waals surface area (Å²) in [5.41, 5.74) is 0.854. The summed E-state index contributed by atoms with van der Waals surface area (Å²) in [6.07, 6.45) is 1.01. The van der Waals surface area contributed by atoms with Gasteiger partial charge in [0.2, 0.25) is 0 Å². The van der Waals surface area contributed by atoms with E-state index in [1.807, 2.05) is 30.3 Å². The van der Waals surface area contributed by atoms with Crippen LogP contribution in [-0.2, 0) is 20.9 Å². The summed E-state index contributed by atoms with van der Waals surface area (Å²) in [7, 11) is 0. The van der Waals surface area contributed by atoms with Gasteiger partial charge in [-0.2, -0.15) is 0 Å². The molecule has 1 amide bonds. The van der Waals surface area contributed by atoms with E-state index in [1.54, 1.807) is 4.90 Å². The number of hydrogen-bond donors (Lipinski definition) is 1. The highest BCUT2D eigenvalue weighted by Crippen LogP contribution is 2.42. The molecule has 1 aromatic carbocycles. The zero-order chi connectivity index (χ0) is 16.3. The molecular weight excluding hydrogens is 298 g/mol. The normalized spacial score (nSPS) is 26.6. The average Bonchev–Trinajstić information content (AvgIpc) is 3.13. The highest BCUT2D eigenvalue weighted by Gasteiger charge is 2.47. The Kier molecular flexibility index (Phi) is 4.52. The number of amides is 1. The SMILES string of the molecule is O=C(O)CC1CC2(CCN(C(=O)OCc3ccccc3)C2)CO1. The second-order valence-electron chi connectivity index (χ2n) is 6.45. The molecule has 2 heterocycles. The van der Waals surface area contributed by atoms with Gasteiger partial charge >= 0.3 is 12.1 Å². The van der Waals surface area contributed by atoms with Crippen molar-refractivity contribution in [3.63, 3.8) is 0 Å². The first-order chi connectivity index (χ1) is 11.1. The Bertz CT molecular complexity index is 576. The monoisotopic (exact) mass is 319 g/mol. The van der Waals surface area contributed by atoms with E-state index < -0.39 is 5.97 Å². The van der Waals surface area contributed by atoms with Gasteiger partial charge in [0.25, 0.3) is 0 Å². The standard InChI is InChI=1S/C17H21NO5/c19-15(20)8-14-9-17(12-23-14)6-7-18(11-17)16(21)22-10-13-4-2-1-3-5-13/h1-5,14H,6-12H2,(H,19,20). The zero-order valence-electron chi connectivity index (χ0n) is 12.9. The van der Waals surface area contributed by atoms with Crippen LogP contribution < -0.4 is 0 Å². The highest BCUT2D eigenvalue weighted by atomic mass is 16.6. The zero-order valence-corrected chi connectivity index (χ0v) is 12.9. The van der Waals surface area contributed by atoms with Gasteiger partial charge in [0.1, 0.15) is 6.61 Å². The van der Waals surface area contributed by atoms with Gasteiger partial charge in [0.05, 0.1) is 19.1 Å². The molecule has 1 aromatic rings. The van der Waals surface area contributed by atoms with Crippen LogP contribution >= 0.6 is 0 Å². The number of aliphatic carboxylic acids is 1. The molecule has 23 heavy (non-hydrogen) atoms. The summed E-state index contributed by atoms with van der Waals surface area (Å²) < 4.78 is 11.0. The van der Waals surface area contributed by atoms with E-state index in [0.29, 0.717) is 26.1 Å². The van der Waals surface area contributed by atoms with Crippen LogP contribution in [0.15, 0.2) is 30.3 Å². The maximum Gasteiger partial charge on any atom is 0.410 e. The lowest BCUT2D eigenvalue weighted by Crippen LogP contribution is -2.33. The molecular formula is C17H21NO5. The smallest absolute Gasteiger partial charge is 0.410 e. The van der Waals surface area contributed by atoms with E-state index in [9.17, 15) is 9.59 Å². The molecule has 2 unspecified atom stereocenters. The topological polar surface area (TPSA) is 76.1 Å². The molecule has 3 rings (SSSR count). The molecule has 1 spiro atoms. The predicted octanol–water partition coefficient (Wildman–Crippen LogP) is 2.28. The fourth-order valence-electron chi connectivity index (χ4n) is 3.41. The second-order valence-corrected chi connectivity index (χ2v) is 6.45. The average molecular weight is 319 g/mol.